The van der Waals surface area contributed by atoms with Crippen molar-refractivity contribution in [1.82, 2.24) is 4.98 Å². The molecule has 2 aromatic heterocycles. The third kappa shape index (κ3) is 5.75. The molecule has 0 bridgehead atoms. The summed E-state index contributed by atoms with van der Waals surface area (Å²) in [7, 11) is 0. The van der Waals surface area contributed by atoms with Gasteiger partial charge in [0.05, 0.1) is 15.0 Å². The maximum Gasteiger partial charge on any atom is 0.270 e. The number of nitrogens with zero attached hydrogens (tertiary/aromatic N) is 3. The van der Waals surface area contributed by atoms with Gasteiger partial charge in [0.2, 0.25) is 0 Å². The van der Waals surface area contributed by atoms with E-state index in [0.717, 1.165) is 10.4 Å². The van der Waals surface area contributed by atoms with Gasteiger partial charge in [-0.05, 0) is 23.8 Å². The number of nitriles is 1. The summed E-state index contributed by atoms with van der Waals surface area (Å²) in [5.41, 5.74) is 1.06. The number of nitrogens with one attached hydrogen (secondary N) is 1. The molecule has 174 valence electrons. The Bertz CT molecular complexity index is 1500. The topological polar surface area (TPSA) is 122 Å². The minimum absolute atomic E-state index is 0.0754. The second-order valence-corrected chi connectivity index (χ2v) is 9.06. The third-order valence-corrected chi connectivity index (χ3v) is 6.56. The molecular formula is C24H14Cl2N4O4S. The second-order valence-electron chi connectivity index (χ2n) is 7.15. The highest BCUT2D eigenvalue weighted by molar-refractivity contribution is 7.15. The van der Waals surface area contributed by atoms with E-state index in [1.807, 2.05) is 12.1 Å². The van der Waals surface area contributed by atoms with Gasteiger partial charge < -0.3 is 4.42 Å². The fourth-order valence-corrected chi connectivity index (χ4v) is 4.35. The Balaban J connectivity index is 1.47. The first-order valence-electron chi connectivity index (χ1n) is 9.99. The molecule has 11 heteroatoms. The number of hydrogen-bond acceptors (Lipinski definition) is 7. The summed E-state index contributed by atoms with van der Waals surface area (Å²) < 4.78 is 5.66. The van der Waals surface area contributed by atoms with Crippen molar-refractivity contribution < 1.29 is 14.1 Å². The monoisotopic (exact) mass is 524 g/mol. The van der Waals surface area contributed by atoms with Gasteiger partial charge in [-0.25, -0.2) is 4.98 Å². The van der Waals surface area contributed by atoms with Crippen LogP contribution in [0.1, 0.15) is 16.2 Å². The fraction of sp³-hybridized carbons (Fsp3) is 0.0417. The quantitative estimate of drug-likeness (QED) is 0.123. The molecular weight excluding hydrogens is 511 g/mol. The predicted octanol–water partition coefficient (Wildman–Crippen LogP) is 6.75. The highest BCUT2D eigenvalue weighted by Gasteiger charge is 2.15. The average Bonchev–Trinajstić information content (AvgIpc) is 3.50. The van der Waals surface area contributed by atoms with E-state index < -0.39 is 10.8 Å². The summed E-state index contributed by atoms with van der Waals surface area (Å²) in [5.74, 6) is -0.0435. The van der Waals surface area contributed by atoms with Crippen LogP contribution in [0.3, 0.4) is 0 Å². The van der Waals surface area contributed by atoms with E-state index in [2.05, 4.69) is 10.3 Å². The number of rotatable bonds is 7. The SMILES string of the molecule is N#CC(=Cc1ccc(-c2cccc([N+](=O)[O-])c2)o1)C(=O)Nc1ncc(Cc2cccc(Cl)c2Cl)s1. The van der Waals surface area contributed by atoms with Gasteiger partial charge in [0, 0.05) is 41.3 Å². The molecule has 0 aliphatic carbocycles. The lowest BCUT2D eigenvalue weighted by Gasteiger charge is -2.03. The maximum atomic E-state index is 12.6. The molecule has 0 atom stereocenters. The van der Waals surface area contributed by atoms with E-state index in [4.69, 9.17) is 27.6 Å². The predicted molar refractivity (Wildman–Crippen MR) is 134 cm³/mol. The summed E-state index contributed by atoms with van der Waals surface area (Å²) in [6.45, 7) is 0. The van der Waals surface area contributed by atoms with Gasteiger partial charge in [0.25, 0.3) is 11.6 Å². The Morgan fingerprint density at radius 3 is 2.80 bits per heavy atom. The molecule has 0 saturated heterocycles. The van der Waals surface area contributed by atoms with Crippen LogP contribution in [0.4, 0.5) is 10.8 Å². The number of aromatic nitrogens is 1. The van der Waals surface area contributed by atoms with Crippen LogP contribution in [-0.2, 0) is 11.2 Å². The van der Waals surface area contributed by atoms with E-state index in [9.17, 15) is 20.2 Å². The van der Waals surface area contributed by atoms with E-state index in [1.54, 1.807) is 42.6 Å². The zero-order chi connectivity index (χ0) is 24.9. The number of furan rings is 1. The van der Waals surface area contributed by atoms with Crippen molar-refractivity contribution in [2.24, 2.45) is 0 Å². The number of amides is 1. The summed E-state index contributed by atoms with van der Waals surface area (Å²) in [6.07, 6.45) is 3.39. The lowest BCUT2D eigenvalue weighted by Crippen LogP contribution is -2.13. The Labute approximate surface area is 213 Å². The van der Waals surface area contributed by atoms with E-state index in [-0.39, 0.29) is 17.0 Å². The first-order valence-corrected chi connectivity index (χ1v) is 11.6. The molecule has 2 aromatic carbocycles. The first kappa shape index (κ1) is 24.2. The number of thiazole rings is 1. The molecule has 0 spiro atoms. The van der Waals surface area contributed by atoms with Crippen molar-refractivity contribution in [2.75, 3.05) is 5.32 Å². The summed E-state index contributed by atoms with van der Waals surface area (Å²) in [5, 5.41) is 24.3. The molecule has 4 rings (SSSR count). The van der Waals surface area contributed by atoms with E-state index in [0.29, 0.717) is 32.9 Å². The number of benzene rings is 2. The Hall–Kier alpha value is -3.97. The van der Waals surface area contributed by atoms with Crippen molar-refractivity contribution in [2.45, 2.75) is 6.42 Å². The van der Waals surface area contributed by atoms with Crippen molar-refractivity contribution in [3.63, 3.8) is 0 Å². The highest BCUT2D eigenvalue weighted by atomic mass is 35.5. The smallest absolute Gasteiger partial charge is 0.270 e. The summed E-state index contributed by atoms with van der Waals surface area (Å²) >= 11 is 13.5. The molecule has 0 unspecified atom stereocenters. The Kier molecular flexibility index (Phi) is 7.27. The number of nitro benzene ring substituents is 1. The number of carbonyl (C=O) groups excluding carboxylic acids is 1. The molecule has 1 amide bonds. The van der Waals surface area contributed by atoms with Gasteiger partial charge in [-0.15, -0.1) is 11.3 Å². The van der Waals surface area contributed by atoms with E-state index in [1.165, 1.54) is 29.5 Å². The number of carbonyl (C=O) groups is 1. The van der Waals surface area contributed by atoms with Crippen molar-refractivity contribution >= 4 is 57.3 Å². The molecule has 0 fully saturated rings. The van der Waals surface area contributed by atoms with Gasteiger partial charge in [-0.2, -0.15) is 5.26 Å². The molecule has 0 aliphatic heterocycles. The highest BCUT2D eigenvalue weighted by Crippen LogP contribution is 2.30. The van der Waals surface area contributed by atoms with Crippen molar-refractivity contribution in [3.05, 3.63) is 103 Å². The van der Waals surface area contributed by atoms with E-state index >= 15 is 0 Å². The van der Waals surface area contributed by atoms with Crippen LogP contribution in [0.2, 0.25) is 10.0 Å². The number of halogens is 2. The van der Waals surface area contributed by atoms with Gasteiger partial charge in [0.1, 0.15) is 23.2 Å². The first-order chi connectivity index (χ1) is 16.8. The van der Waals surface area contributed by atoms with Crippen LogP contribution in [0.15, 0.2) is 70.8 Å². The lowest BCUT2D eigenvalue weighted by atomic mass is 10.1. The van der Waals surface area contributed by atoms with Gasteiger partial charge in [0.15, 0.2) is 5.13 Å². The second kappa shape index (κ2) is 10.5. The molecule has 0 radical (unpaired) electrons. The van der Waals surface area contributed by atoms with Gasteiger partial charge in [-0.3, -0.25) is 20.2 Å². The van der Waals surface area contributed by atoms with Gasteiger partial charge >= 0.3 is 0 Å². The van der Waals surface area contributed by atoms with Crippen molar-refractivity contribution in [1.29, 1.82) is 5.26 Å². The summed E-state index contributed by atoms with van der Waals surface area (Å²) in [6, 6.07) is 16.3. The normalized spacial score (nSPS) is 11.2. The lowest BCUT2D eigenvalue weighted by molar-refractivity contribution is -0.384. The minimum atomic E-state index is -0.650. The Morgan fingerprint density at radius 2 is 2.03 bits per heavy atom. The van der Waals surface area contributed by atoms with Gasteiger partial charge in [-0.1, -0.05) is 47.5 Å². The minimum Gasteiger partial charge on any atom is -0.457 e. The maximum absolute atomic E-state index is 12.6. The molecule has 4 aromatic rings. The van der Waals surface area contributed by atoms with Crippen LogP contribution in [-0.4, -0.2) is 15.8 Å². The number of hydrogen-bond donors (Lipinski definition) is 1. The summed E-state index contributed by atoms with van der Waals surface area (Å²) in [4.78, 5) is 28.1. The molecule has 1 N–H and O–H groups in total. The number of anilines is 1. The Morgan fingerprint density at radius 1 is 1.23 bits per heavy atom. The number of nitro groups is 1. The fourth-order valence-electron chi connectivity index (χ4n) is 3.13. The molecule has 0 aliphatic rings. The average molecular weight is 525 g/mol. The third-order valence-electron chi connectivity index (χ3n) is 4.79. The van der Waals surface area contributed by atoms with Crippen LogP contribution in [0.5, 0.6) is 0 Å². The van der Waals surface area contributed by atoms with Crippen LogP contribution >= 0.6 is 34.5 Å². The van der Waals surface area contributed by atoms with Crippen LogP contribution in [0.25, 0.3) is 17.4 Å². The zero-order valence-electron chi connectivity index (χ0n) is 17.7. The zero-order valence-corrected chi connectivity index (χ0v) is 20.0. The van der Waals surface area contributed by atoms with Crippen molar-refractivity contribution in [3.8, 4) is 17.4 Å². The standard InChI is InChI=1S/C24H14Cl2N4O4S/c25-20-6-2-4-15(22(20)26)11-19-13-28-24(35-19)29-23(31)16(12-27)10-18-7-8-21(34-18)14-3-1-5-17(9-14)30(32)33/h1-10,13H,11H2,(H,28,29,31). The molecule has 35 heavy (non-hydrogen) atoms. The molecule has 0 saturated carbocycles. The molecule has 2 heterocycles. The number of non-ortho nitro benzene ring substituents is 1. The van der Waals surface area contributed by atoms with Crippen LogP contribution in [0, 0.1) is 21.4 Å². The largest absolute Gasteiger partial charge is 0.457 e. The van der Waals surface area contributed by atoms with Crippen LogP contribution < -0.4 is 5.32 Å². The molecule has 8 nitrogen and oxygen atoms in total.